The van der Waals surface area contributed by atoms with Crippen molar-refractivity contribution in [1.29, 1.82) is 0 Å². The van der Waals surface area contributed by atoms with Gasteiger partial charge in [-0.2, -0.15) is 0 Å². The number of nitrogens with two attached hydrogens (primary N) is 2. The van der Waals surface area contributed by atoms with E-state index in [4.69, 9.17) is 11.5 Å². The van der Waals surface area contributed by atoms with E-state index in [-0.39, 0.29) is 24.1 Å². The zero-order valence-electron chi connectivity index (χ0n) is 12.5. The Morgan fingerprint density at radius 1 is 1.24 bits per heavy atom. The highest BCUT2D eigenvalue weighted by atomic mass is 16.3. The van der Waals surface area contributed by atoms with Gasteiger partial charge in [-0.3, -0.25) is 9.59 Å². The normalized spacial score (nSPS) is 12.2. The SMILES string of the molecule is CC(C)CN(CC(N)=O)C(=O)[C@@H](N)Cc1ccc(O)cc1. The lowest BCUT2D eigenvalue weighted by Gasteiger charge is -2.26. The monoisotopic (exact) mass is 293 g/mol. The first-order valence-electron chi connectivity index (χ1n) is 6.90. The van der Waals surface area contributed by atoms with Crippen LogP contribution in [0.25, 0.3) is 0 Å². The highest BCUT2D eigenvalue weighted by molar-refractivity contribution is 5.87. The molecule has 0 fully saturated rings. The topological polar surface area (TPSA) is 110 Å². The third-order valence-corrected chi connectivity index (χ3v) is 2.95. The lowest BCUT2D eigenvalue weighted by Crippen LogP contribution is -2.49. The summed E-state index contributed by atoms with van der Waals surface area (Å²) in [5.74, 6) is -0.473. The van der Waals surface area contributed by atoms with Crippen LogP contribution in [0.5, 0.6) is 5.75 Å². The Morgan fingerprint density at radius 2 is 1.81 bits per heavy atom. The number of carbonyl (C=O) groups is 2. The van der Waals surface area contributed by atoms with E-state index >= 15 is 0 Å². The number of primary amides is 1. The van der Waals surface area contributed by atoms with Gasteiger partial charge in [0, 0.05) is 6.54 Å². The lowest BCUT2D eigenvalue weighted by atomic mass is 10.0. The molecule has 0 heterocycles. The van der Waals surface area contributed by atoms with Crippen molar-refractivity contribution in [3.05, 3.63) is 29.8 Å². The van der Waals surface area contributed by atoms with Crippen molar-refractivity contribution in [3.63, 3.8) is 0 Å². The molecule has 0 aliphatic heterocycles. The minimum atomic E-state index is -0.743. The van der Waals surface area contributed by atoms with Gasteiger partial charge in [-0.15, -0.1) is 0 Å². The minimum absolute atomic E-state index is 0.125. The quantitative estimate of drug-likeness (QED) is 0.668. The summed E-state index contributed by atoms with van der Waals surface area (Å²) in [6.07, 6.45) is 0.340. The summed E-state index contributed by atoms with van der Waals surface area (Å²) in [6, 6.07) is 5.77. The standard InChI is InChI=1S/C15H23N3O3/c1-10(2)8-18(9-14(17)20)15(21)13(16)7-11-3-5-12(19)6-4-11/h3-6,10,13,19H,7-9,16H2,1-2H3,(H2,17,20)/t13-/m0/s1. The third-order valence-electron chi connectivity index (χ3n) is 2.95. The maximum absolute atomic E-state index is 12.3. The number of nitrogens with zero attached hydrogens (tertiary/aromatic N) is 1. The first kappa shape index (κ1) is 17.0. The summed E-state index contributed by atoms with van der Waals surface area (Å²) >= 11 is 0. The lowest BCUT2D eigenvalue weighted by molar-refractivity contribution is -0.136. The van der Waals surface area contributed by atoms with E-state index in [0.29, 0.717) is 13.0 Å². The van der Waals surface area contributed by atoms with E-state index in [1.165, 1.54) is 4.90 Å². The Kier molecular flexibility index (Phi) is 6.17. The van der Waals surface area contributed by atoms with Crippen molar-refractivity contribution in [2.24, 2.45) is 17.4 Å². The van der Waals surface area contributed by atoms with Gasteiger partial charge >= 0.3 is 0 Å². The smallest absolute Gasteiger partial charge is 0.240 e. The maximum Gasteiger partial charge on any atom is 0.240 e. The number of hydrogen-bond acceptors (Lipinski definition) is 4. The van der Waals surface area contributed by atoms with Gasteiger partial charge in [0.2, 0.25) is 11.8 Å². The molecule has 0 spiro atoms. The average molecular weight is 293 g/mol. The number of benzene rings is 1. The second kappa shape index (κ2) is 7.64. The molecule has 0 aromatic heterocycles. The van der Waals surface area contributed by atoms with Crippen molar-refractivity contribution < 1.29 is 14.7 Å². The highest BCUT2D eigenvalue weighted by Crippen LogP contribution is 2.12. The number of amides is 2. The Balaban J connectivity index is 2.72. The van der Waals surface area contributed by atoms with Crippen molar-refractivity contribution in [2.75, 3.05) is 13.1 Å². The molecule has 6 nitrogen and oxygen atoms in total. The number of hydrogen-bond donors (Lipinski definition) is 3. The molecule has 0 bridgehead atoms. The van der Waals surface area contributed by atoms with Gasteiger partial charge in [0.05, 0.1) is 12.6 Å². The molecule has 5 N–H and O–H groups in total. The van der Waals surface area contributed by atoms with E-state index in [0.717, 1.165) is 5.56 Å². The fraction of sp³-hybridized carbons (Fsp3) is 0.467. The maximum atomic E-state index is 12.3. The predicted octanol–water partition coefficient (Wildman–Crippen LogP) is 0.232. The summed E-state index contributed by atoms with van der Waals surface area (Å²) < 4.78 is 0. The summed E-state index contributed by atoms with van der Waals surface area (Å²) in [5.41, 5.74) is 12.0. The summed E-state index contributed by atoms with van der Waals surface area (Å²) in [4.78, 5) is 24.8. The van der Waals surface area contributed by atoms with Crippen molar-refractivity contribution in [1.82, 2.24) is 4.90 Å². The molecule has 0 aliphatic carbocycles. The van der Waals surface area contributed by atoms with Crippen LogP contribution in [-0.4, -0.2) is 41.0 Å². The van der Waals surface area contributed by atoms with Gasteiger partial charge in [0.25, 0.3) is 0 Å². The van der Waals surface area contributed by atoms with Crippen molar-refractivity contribution in [3.8, 4) is 5.75 Å². The Bertz CT molecular complexity index is 485. The Hall–Kier alpha value is -2.08. The second-order valence-corrected chi connectivity index (χ2v) is 5.56. The number of aromatic hydroxyl groups is 1. The molecule has 1 atom stereocenters. The molecule has 116 valence electrons. The molecule has 0 unspecified atom stereocenters. The molecule has 1 aromatic rings. The molecule has 1 rings (SSSR count). The Morgan fingerprint density at radius 3 is 2.29 bits per heavy atom. The van der Waals surface area contributed by atoms with Crippen LogP contribution in [0.15, 0.2) is 24.3 Å². The molecule has 0 radical (unpaired) electrons. The molecule has 0 aliphatic rings. The van der Waals surface area contributed by atoms with Crippen LogP contribution in [0, 0.1) is 5.92 Å². The number of carbonyl (C=O) groups excluding carboxylic acids is 2. The van der Waals surface area contributed by atoms with Gasteiger partial charge in [-0.25, -0.2) is 0 Å². The molecule has 6 heteroatoms. The van der Waals surface area contributed by atoms with E-state index in [1.807, 2.05) is 13.8 Å². The van der Waals surface area contributed by atoms with Gasteiger partial charge in [-0.05, 0) is 30.0 Å². The fourth-order valence-corrected chi connectivity index (χ4v) is 2.07. The molecule has 1 aromatic carbocycles. The zero-order chi connectivity index (χ0) is 16.0. The predicted molar refractivity (Wildman–Crippen MR) is 80.4 cm³/mol. The molecule has 2 amide bonds. The van der Waals surface area contributed by atoms with E-state index in [1.54, 1.807) is 24.3 Å². The first-order valence-corrected chi connectivity index (χ1v) is 6.90. The van der Waals surface area contributed by atoms with Crippen molar-refractivity contribution in [2.45, 2.75) is 26.3 Å². The van der Waals surface area contributed by atoms with Gasteiger partial charge < -0.3 is 21.5 Å². The van der Waals surface area contributed by atoms with E-state index < -0.39 is 11.9 Å². The van der Waals surface area contributed by atoms with E-state index in [2.05, 4.69) is 0 Å². The third kappa shape index (κ3) is 5.83. The Labute approximate surface area is 124 Å². The molecule has 21 heavy (non-hydrogen) atoms. The summed E-state index contributed by atoms with van der Waals surface area (Å²) in [6.45, 7) is 4.21. The largest absolute Gasteiger partial charge is 0.508 e. The summed E-state index contributed by atoms with van der Waals surface area (Å²) in [7, 11) is 0. The molecular formula is C15H23N3O3. The van der Waals surface area contributed by atoms with E-state index in [9.17, 15) is 14.7 Å². The van der Waals surface area contributed by atoms with Crippen LogP contribution in [0.1, 0.15) is 19.4 Å². The minimum Gasteiger partial charge on any atom is -0.508 e. The number of phenols is 1. The number of phenolic OH excluding ortho intramolecular Hbond substituents is 1. The summed E-state index contributed by atoms with van der Waals surface area (Å²) in [5, 5.41) is 9.23. The van der Waals surface area contributed by atoms with Crippen LogP contribution in [0.4, 0.5) is 0 Å². The molecular weight excluding hydrogens is 270 g/mol. The average Bonchev–Trinajstić information content (AvgIpc) is 2.38. The first-order chi connectivity index (χ1) is 9.79. The molecule has 0 saturated carbocycles. The van der Waals surface area contributed by atoms with Gasteiger partial charge in [0.1, 0.15) is 5.75 Å². The van der Waals surface area contributed by atoms with Gasteiger partial charge in [-0.1, -0.05) is 26.0 Å². The van der Waals surface area contributed by atoms with Crippen LogP contribution in [0.2, 0.25) is 0 Å². The van der Waals surface area contributed by atoms with Crippen LogP contribution >= 0.6 is 0 Å². The van der Waals surface area contributed by atoms with Crippen LogP contribution < -0.4 is 11.5 Å². The van der Waals surface area contributed by atoms with Crippen molar-refractivity contribution >= 4 is 11.8 Å². The fourth-order valence-electron chi connectivity index (χ4n) is 2.07. The van der Waals surface area contributed by atoms with Gasteiger partial charge in [0.15, 0.2) is 0 Å². The number of rotatable bonds is 7. The molecule has 0 saturated heterocycles. The van der Waals surface area contributed by atoms with Crippen LogP contribution in [-0.2, 0) is 16.0 Å². The van der Waals surface area contributed by atoms with Crippen LogP contribution in [0.3, 0.4) is 0 Å². The second-order valence-electron chi connectivity index (χ2n) is 5.56. The highest BCUT2D eigenvalue weighted by Gasteiger charge is 2.23. The zero-order valence-corrected chi connectivity index (χ0v) is 12.5.